The van der Waals surface area contributed by atoms with E-state index in [1.807, 2.05) is 13.8 Å². The number of carbonyl (C=O) groups excluding carboxylic acids is 1. The van der Waals surface area contributed by atoms with Gasteiger partial charge < -0.3 is 9.64 Å². The van der Waals surface area contributed by atoms with E-state index in [1.54, 1.807) is 7.05 Å². The van der Waals surface area contributed by atoms with E-state index in [2.05, 4.69) is 0 Å². The van der Waals surface area contributed by atoms with Crippen LogP contribution in [-0.2, 0) is 9.05 Å². The summed E-state index contributed by atoms with van der Waals surface area (Å²) in [6, 6.07) is 2.52. The number of ether oxygens (including phenoxy) is 1. The summed E-state index contributed by atoms with van der Waals surface area (Å²) in [5.41, 5.74) is 0.0624. The number of benzene rings is 1. The number of halogens is 2. The summed E-state index contributed by atoms with van der Waals surface area (Å²) in [7, 11) is 4.18. The quantitative estimate of drug-likeness (QED) is 0.763. The smallest absolute Gasteiger partial charge is 0.265 e. The van der Waals surface area contributed by atoms with Gasteiger partial charge in [-0.1, -0.05) is 25.4 Å². The Labute approximate surface area is 134 Å². The summed E-state index contributed by atoms with van der Waals surface area (Å²) in [6.07, 6.45) is 0. The third-order valence-electron chi connectivity index (χ3n) is 2.70. The van der Waals surface area contributed by atoms with E-state index >= 15 is 0 Å². The van der Waals surface area contributed by atoms with Crippen molar-refractivity contribution in [1.82, 2.24) is 4.90 Å². The summed E-state index contributed by atoms with van der Waals surface area (Å²) in [6.45, 7) is 4.44. The highest BCUT2D eigenvalue weighted by Gasteiger charge is 2.26. The molecule has 0 N–H and O–H groups in total. The Balaban J connectivity index is 3.43. The molecular weight excluding hydrogens is 337 g/mol. The fourth-order valence-electron chi connectivity index (χ4n) is 1.96. The lowest BCUT2D eigenvalue weighted by Crippen LogP contribution is -2.30. The van der Waals surface area contributed by atoms with Crippen LogP contribution in [0.3, 0.4) is 0 Å². The van der Waals surface area contributed by atoms with E-state index in [1.165, 1.54) is 18.1 Å². The van der Waals surface area contributed by atoms with E-state index in [4.69, 9.17) is 27.0 Å². The minimum Gasteiger partial charge on any atom is -0.494 e. The molecule has 5 nitrogen and oxygen atoms in total. The zero-order valence-electron chi connectivity index (χ0n) is 12.2. The average Bonchev–Trinajstić information content (AvgIpc) is 2.34. The second kappa shape index (κ2) is 6.85. The zero-order chi connectivity index (χ0) is 16.4. The highest BCUT2D eigenvalue weighted by molar-refractivity contribution is 8.13. The van der Waals surface area contributed by atoms with Gasteiger partial charge in [0.2, 0.25) is 0 Å². The fourth-order valence-corrected chi connectivity index (χ4v) is 3.26. The van der Waals surface area contributed by atoms with E-state index in [9.17, 15) is 13.2 Å². The van der Waals surface area contributed by atoms with Gasteiger partial charge in [0.05, 0.1) is 12.7 Å². The summed E-state index contributed by atoms with van der Waals surface area (Å²) >= 11 is 5.89. The Bertz CT molecular complexity index is 644. The molecule has 0 aromatic heterocycles. The second-order valence-electron chi connectivity index (χ2n) is 5.00. The number of nitrogens with zero attached hydrogens (tertiary/aromatic N) is 1. The van der Waals surface area contributed by atoms with E-state index < -0.39 is 9.05 Å². The van der Waals surface area contributed by atoms with Crippen molar-refractivity contribution < 1.29 is 17.9 Å². The largest absolute Gasteiger partial charge is 0.494 e. The number of hydrogen-bond donors (Lipinski definition) is 0. The monoisotopic (exact) mass is 353 g/mol. The van der Waals surface area contributed by atoms with Crippen molar-refractivity contribution in [3.8, 4) is 5.75 Å². The predicted molar refractivity (Wildman–Crippen MR) is 82.8 cm³/mol. The Morgan fingerprint density at radius 2 is 1.95 bits per heavy atom. The first kappa shape index (κ1) is 18.1. The SMILES string of the molecule is COc1c(C(=O)N(C)CC(C)C)cc(Cl)cc1S(=O)(=O)Cl. The van der Waals surface area contributed by atoms with Gasteiger partial charge in [0.1, 0.15) is 4.90 Å². The van der Waals surface area contributed by atoms with Crippen LogP contribution >= 0.6 is 22.3 Å². The first-order chi connectivity index (χ1) is 9.57. The number of hydrogen-bond acceptors (Lipinski definition) is 4. The minimum atomic E-state index is -4.08. The van der Waals surface area contributed by atoms with Crippen molar-refractivity contribution in [2.45, 2.75) is 18.7 Å². The molecule has 0 bridgehead atoms. The van der Waals surface area contributed by atoms with Gasteiger partial charge in [-0.2, -0.15) is 0 Å². The van der Waals surface area contributed by atoms with Crippen LogP contribution in [0.25, 0.3) is 0 Å². The lowest BCUT2D eigenvalue weighted by atomic mass is 10.1. The summed E-state index contributed by atoms with van der Waals surface area (Å²) < 4.78 is 28.2. The van der Waals surface area contributed by atoms with E-state index in [0.29, 0.717) is 6.54 Å². The molecule has 0 saturated heterocycles. The fraction of sp³-hybridized carbons (Fsp3) is 0.462. The first-order valence-electron chi connectivity index (χ1n) is 6.15. The molecule has 0 fully saturated rings. The zero-order valence-corrected chi connectivity index (χ0v) is 14.5. The van der Waals surface area contributed by atoms with E-state index in [-0.39, 0.29) is 33.1 Å². The molecule has 0 spiro atoms. The van der Waals surface area contributed by atoms with Crippen LogP contribution in [-0.4, -0.2) is 39.9 Å². The maximum absolute atomic E-state index is 12.4. The van der Waals surface area contributed by atoms with Crippen molar-refractivity contribution in [2.24, 2.45) is 5.92 Å². The highest BCUT2D eigenvalue weighted by Crippen LogP contribution is 2.34. The summed E-state index contributed by atoms with van der Waals surface area (Å²) in [5.74, 6) is -0.222. The van der Waals surface area contributed by atoms with Crippen LogP contribution in [0.5, 0.6) is 5.75 Å². The Hall–Kier alpha value is -0.980. The normalized spacial score (nSPS) is 11.6. The molecule has 1 aromatic rings. The molecule has 21 heavy (non-hydrogen) atoms. The van der Waals surface area contributed by atoms with Gasteiger partial charge in [0, 0.05) is 29.3 Å². The number of carbonyl (C=O) groups is 1. The van der Waals surface area contributed by atoms with Crippen molar-refractivity contribution in [2.75, 3.05) is 20.7 Å². The Kier molecular flexibility index (Phi) is 5.90. The molecule has 0 atom stereocenters. The van der Waals surface area contributed by atoms with E-state index in [0.717, 1.165) is 6.07 Å². The first-order valence-corrected chi connectivity index (χ1v) is 8.84. The molecule has 8 heteroatoms. The summed E-state index contributed by atoms with van der Waals surface area (Å²) in [5, 5.41) is 0.0938. The lowest BCUT2D eigenvalue weighted by molar-refractivity contribution is 0.0775. The van der Waals surface area contributed by atoms with Crippen LogP contribution < -0.4 is 4.74 Å². The van der Waals surface area contributed by atoms with Crippen molar-refractivity contribution >= 4 is 37.2 Å². The minimum absolute atomic E-state index is 0.0624. The Morgan fingerprint density at radius 1 is 1.38 bits per heavy atom. The molecule has 0 unspecified atom stereocenters. The summed E-state index contributed by atoms with van der Waals surface area (Å²) in [4.78, 5) is 13.6. The third-order valence-corrected chi connectivity index (χ3v) is 4.25. The molecule has 118 valence electrons. The Morgan fingerprint density at radius 3 is 2.38 bits per heavy atom. The molecule has 0 heterocycles. The van der Waals surface area contributed by atoms with Crippen LogP contribution in [0, 0.1) is 5.92 Å². The van der Waals surface area contributed by atoms with Gasteiger partial charge in [-0.25, -0.2) is 8.42 Å². The maximum Gasteiger partial charge on any atom is 0.265 e. The van der Waals surface area contributed by atoms with Gasteiger partial charge in [-0.15, -0.1) is 0 Å². The van der Waals surface area contributed by atoms with Crippen LogP contribution in [0.4, 0.5) is 0 Å². The van der Waals surface area contributed by atoms with Gasteiger partial charge in [-0.3, -0.25) is 4.79 Å². The van der Waals surface area contributed by atoms with Crippen molar-refractivity contribution in [3.05, 3.63) is 22.7 Å². The molecule has 1 amide bonds. The van der Waals surface area contributed by atoms with Crippen LogP contribution in [0.15, 0.2) is 17.0 Å². The van der Waals surface area contributed by atoms with Crippen molar-refractivity contribution in [1.29, 1.82) is 0 Å². The second-order valence-corrected chi connectivity index (χ2v) is 7.97. The molecule has 0 aliphatic carbocycles. The van der Waals surface area contributed by atoms with Crippen LogP contribution in [0.1, 0.15) is 24.2 Å². The lowest BCUT2D eigenvalue weighted by Gasteiger charge is -2.21. The molecule has 0 saturated carbocycles. The molecule has 1 rings (SSSR count). The number of rotatable bonds is 5. The standard InChI is InChI=1S/C13H17Cl2NO4S/c1-8(2)7-16(3)13(17)10-5-9(14)6-11(12(10)20-4)21(15,18)19/h5-6,8H,7H2,1-4H3. The molecule has 0 aliphatic rings. The van der Waals surface area contributed by atoms with Gasteiger partial charge in [0.25, 0.3) is 15.0 Å². The predicted octanol–water partition coefficient (Wildman–Crippen LogP) is 3.00. The topological polar surface area (TPSA) is 63.7 Å². The van der Waals surface area contributed by atoms with Crippen molar-refractivity contribution in [3.63, 3.8) is 0 Å². The molecule has 0 aliphatic heterocycles. The molecular formula is C13H17Cl2NO4S. The number of methoxy groups -OCH3 is 1. The maximum atomic E-state index is 12.4. The average molecular weight is 354 g/mol. The van der Waals surface area contributed by atoms with Crippen LogP contribution in [0.2, 0.25) is 5.02 Å². The molecule has 0 radical (unpaired) electrons. The third kappa shape index (κ3) is 4.49. The number of amides is 1. The van der Waals surface area contributed by atoms with Gasteiger partial charge in [0.15, 0.2) is 5.75 Å². The van der Waals surface area contributed by atoms with Gasteiger partial charge >= 0.3 is 0 Å². The molecule has 1 aromatic carbocycles. The van der Waals surface area contributed by atoms with Gasteiger partial charge in [-0.05, 0) is 18.1 Å². The highest BCUT2D eigenvalue weighted by atomic mass is 35.7.